The summed E-state index contributed by atoms with van der Waals surface area (Å²) >= 11 is 0. The lowest BCUT2D eigenvalue weighted by Gasteiger charge is -2.22. The van der Waals surface area contributed by atoms with Crippen molar-refractivity contribution >= 4 is 21.6 Å². The number of nitrogens with zero attached hydrogens (tertiary/aromatic N) is 1. The maximum absolute atomic E-state index is 13.1. The fourth-order valence-electron chi connectivity index (χ4n) is 3.00. The summed E-state index contributed by atoms with van der Waals surface area (Å²) in [6.07, 6.45) is 1.54. The van der Waals surface area contributed by atoms with Crippen LogP contribution in [0.4, 0.5) is 10.1 Å². The minimum absolute atomic E-state index is 0.114. The number of nitrogens with one attached hydrogen (secondary N) is 1. The minimum Gasteiger partial charge on any atom is -0.493 e. The molecule has 2 aromatic carbocycles. The highest BCUT2D eigenvalue weighted by molar-refractivity contribution is 7.92. The molecule has 0 aliphatic rings. The third-order valence-electron chi connectivity index (χ3n) is 4.57. The van der Waals surface area contributed by atoms with E-state index in [1.165, 1.54) is 24.3 Å². The minimum atomic E-state index is -3.56. The molecule has 164 valence electrons. The zero-order valence-corrected chi connectivity index (χ0v) is 18.3. The van der Waals surface area contributed by atoms with Crippen molar-refractivity contribution in [3.63, 3.8) is 0 Å². The van der Waals surface area contributed by atoms with E-state index in [2.05, 4.69) is 5.32 Å². The Morgan fingerprint density at radius 1 is 1.10 bits per heavy atom. The second-order valence-corrected chi connectivity index (χ2v) is 8.73. The summed E-state index contributed by atoms with van der Waals surface area (Å²) in [6.45, 7) is 1.96. The van der Waals surface area contributed by atoms with Gasteiger partial charge in [0.05, 0.1) is 32.2 Å². The van der Waals surface area contributed by atoms with E-state index in [0.29, 0.717) is 23.6 Å². The Kier molecular flexibility index (Phi) is 8.05. The highest BCUT2D eigenvalue weighted by Crippen LogP contribution is 2.30. The third-order valence-corrected chi connectivity index (χ3v) is 5.76. The average Bonchev–Trinajstić information content (AvgIpc) is 2.70. The molecule has 0 unspecified atom stereocenters. The molecule has 30 heavy (non-hydrogen) atoms. The number of ether oxygens (including phenoxy) is 2. The van der Waals surface area contributed by atoms with Gasteiger partial charge < -0.3 is 14.8 Å². The molecule has 9 heteroatoms. The van der Waals surface area contributed by atoms with Crippen LogP contribution >= 0.6 is 0 Å². The standard InChI is InChI=1S/C21H27FN2O5S/c1-15(16-7-12-19(28-2)20(14-16)29-3)23-21(25)6-5-13-24(30(4,26)27)18-10-8-17(22)9-11-18/h7-12,14-15H,5-6,13H2,1-4H3,(H,23,25)/t15-/m0/s1. The van der Waals surface area contributed by atoms with Crippen LogP contribution in [0.5, 0.6) is 11.5 Å². The van der Waals surface area contributed by atoms with Crippen LogP contribution in [0.1, 0.15) is 31.4 Å². The molecular weight excluding hydrogens is 411 g/mol. The van der Waals surface area contributed by atoms with Gasteiger partial charge in [0.1, 0.15) is 5.82 Å². The number of hydrogen-bond acceptors (Lipinski definition) is 5. The molecule has 0 radical (unpaired) electrons. The van der Waals surface area contributed by atoms with Crippen molar-refractivity contribution in [1.29, 1.82) is 0 Å². The summed E-state index contributed by atoms with van der Waals surface area (Å²) < 4.78 is 48.9. The number of hydrogen-bond donors (Lipinski definition) is 1. The van der Waals surface area contributed by atoms with Crippen molar-refractivity contribution in [2.75, 3.05) is 31.3 Å². The third kappa shape index (κ3) is 6.35. The van der Waals surface area contributed by atoms with Crippen LogP contribution in [-0.2, 0) is 14.8 Å². The summed E-state index contributed by atoms with van der Waals surface area (Å²) in [4.78, 5) is 12.3. The fourth-order valence-corrected chi connectivity index (χ4v) is 3.96. The van der Waals surface area contributed by atoms with Gasteiger partial charge in [-0.2, -0.15) is 0 Å². The van der Waals surface area contributed by atoms with Crippen LogP contribution in [-0.4, -0.2) is 41.3 Å². The molecule has 7 nitrogen and oxygen atoms in total. The van der Waals surface area contributed by atoms with Gasteiger partial charge in [0.15, 0.2) is 11.5 Å². The molecular formula is C21H27FN2O5S. The van der Waals surface area contributed by atoms with E-state index in [1.54, 1.807) is 26.4 Å². The number of sulfonamides is 1. The Hall–Kier alpha value is -2.81. The maximum atomic E-state index is 13.1. The molecule has 1 N–H and O–H groups in total. The van der Waals surface area contributed by atoms with E-state index in [4.69, 9.17) is 9.47 Å². The number of methoxy groups -OCH3 is 2. The maximum Gasteiger partial charge on any atom is 0.232 e. The Balaban J connectivity index is 1.95. The molecule has 0 heterocycles. The van der Waals surface area contributed by atoms with Gasteiger partial charge in [-0.3, -0.25) is 9.10 Å². The van der Waals surface area contributed by atoms with Crippen molar-refractivity contribution in [1.82, 2.24) is 5.32 Å². The largest absolute Gasteiger partial charge is 0.493 e. The number of rotatable bonds is 10. The van der Waals surface area contributed by atoms with Crippen molar-refractivity contribution < 1.29 is 27.1 Å². The van der Waals surface area contributed by atoms with E-state index < -0.39 is 15.8 Å². The molecule has 2 rings (SSSR count). The zero-order chi connectivity index (χ0) is 22.3. The van der Waals surface area contributed by atoms with Gasteiger partial charge in [0.25, 0.3) is 0 Å². The average molecular weight is 439 g/mol. The zero-order valence-electron chi connectivity index (χ0n) is 17.5. The van der Waals surface area contributed by atoms with Crippen molar-refractivity contribution in [3.05, 3.63) is 53.8 Å². The summed E-state index contributed by atoms with van der Waals surface area (Å²) in [7, 11) is -0.464. The molecule has 0 aliphatic heterocycles. The first-order chi connectivity index (χ1) is 14.2. The Labute approximate surface area is 176 Å². The number of benzene rings is 2. The molecule has 1 amide bonds. The molecule has 0 bridgehead atoms. The van der Waals surface area contributed by atoms with E-state index in [0.717, 1.165) is 16.1 Å². The lowest BCUT2D eigenvalue weighted by Crippen LogP contribution is -2.32. The van der Waals surface area contributed by atoms with Crippen molar-refractivity contribution in [3.8, 4) is 11.5 Å². The van der Waals surface area contributed by atoms with E-state index in [-0.39, 0.29) is 24.9 Å². The smallest absolute Gasteiger partial charge is 0.232 e. The molecule has 0 aromatic heterocycles. The quantitative estimate of drug-likeness (QED) is 0.615. The highest BCUT2D eigenvalue weighted by Gasteiger charge is 2.18. The Bertz CT molecular complexity index is 964. The molecule has 0 spiro atoms. The lowest BCUT2D eigenvalue weighted by molar-refractivity contribution is -0.121. The van der Waals surface area contributed by atoms with Gasteiger partial charge in [-0.15, -0.1) is 0 Å². The first-order valence-electron chi connectivity index (χ1n) is 9.40. The van der Waals surface area contributed by atoms with Crippen LogP contribution in [0, 0.1) is 5.82 Å². The number of carbonyl (C=O) groups is 1. The van der Waals surface area contributed by atoms with Crippen LogP contribution in [0.2, 0.25) is 0 Å². The van der Waals surface area contributed by atoms with Gasteiger partial charge in [0, 0.05) is 13.0 Å². The van der Waals surface area contributed by atoms with Gasteiger partial charge in [0.2, 0.25) is 15.9 Å². The van der Waals surface area contributed by atoms with Gasteiger partial charge in [-0.05, 0) is 55.3 Å². The van der Waals surface area contributed by atoms with Crippen LogP contribution in [0.25, 0.3) is 0 Å². The van der Waals surface area contributed by atoms with E-state index in [1.807, 2.05) is 13.0 Å². The van der Waals surface area contributed by atoms with E-state index >= 15 is 0 Å². The molecule has 0 saturated heterocycles. The second-order valence-electron chi connectivity index (χ2n) is 6.82. The Morgan fingerprint density at radius 2 is 1.73 bits per heavy atom. The monoisotopic (exact) mass is 438 g/mol. The number of carbonyl (C=O) groups excluding carboxylic acids is 1. The van der Waals surface area contributed by atoms with Gasteiger partial charge >= 0.3 is 0 Å². The molecule has 0 aliphatic carbocycles. The van der Waals surface area contributed by atoms with Crippen molar-refractivity contribution in [2.45, 2.75) is 25.8 Å². The van der Waals surface area contributed by atoms with Gasteiger partial charge in [-0.25, -0.2) is 12.8 Å². The summed E-state index contributed by atoms with van der Waals surface area (Å²) in [5.74, 6) is 0.515. The lowest BCUT2D eigenvalue weighted by atomic mass is 10.1. The first kappa shape index (κ1) is 23.5. The predicted molar refractivity (Wildman–Crippen MR) is 114 cm³/mol. The second kappa shape index (κ2) is 10.3. The fraction of sp³-hybridized carbons (Fsp3) is 0.381. The number of amides is 1. The summed E-state index contributed by atoms with van der Waals surface area (Å²) in [5, 5.41) is 2.89. The summed E-state index contributed by atoms with van der Waals surface area (Å²) in [6, 6.07) is 10.3. The van der Waals surface area contributed by atoms with Crippen LogP contribution < -0.4 is 19.1 Å². The van der Waals surface area contributed by atoms with Crippen LogP contribution in [0.3, 0.4) is 0 Å². The predicted octanol–water partition coefficient (Wildman–Crippen LogP) is 3.27. The SMILES string of the molecule is COc1ccc([C@H](C)NC(=O)CCCN(c2ccc(F)cc2)S(C)(=O)=O)cc1OC. The molecule has 1 atom stereocenters. The molecule has 0 fully saturated rings. The number of anilines is 1. The summed E-state index contributed by atoms with van der Waals surface area (Å²) in [5.41, 5.74) is 1.21. The molecule has 2 aromatic rings. The van der Waals surface area contributed by atoms with Crippen molar-refractivity contribution in [2.24, 2.45) is 0 Å². The number of halogens is 1. The normalized spacial score (nSPS) is 12.2. The van der Waals surface area contributed by atoms with Crippen LogP contribution in [0.15, 0.2) is 42.5 Å². The topological polar surface area (TPSA) is 84.9 Å². The highest BCUT2D eigenvalue weighted by atomic mass is 32.2. The Morgan fingerprint density at radius 3 is 2.30 bits per heavy atom. The van der Waals surface area contributed by atoms with E-state index in [9.17, 15) is 17.6 Å². The first-order valence-corrected chi connectivity index (χ1v) is 11.2. The molecule has 0 saturated carbocycles. The van der Waals surface area contributed by atoms with Gasteiger partial charge in [-0.1, -0.05) is 6.07 Å².